The minimum Gasteiger partial charge on any atom is -0.353 e. The highest BCUT2D eigenvalue weighted by molar-refractivity contribution is 5.90. The quantitative estimate of drug-likeness (QED) is 0.707. The molecule has 7 heteroatoms. The average molecular weight is 418 g/mol. The number of aromatic nitrogens is 2. The van der Waals surface area contributed by atoms with Crippen LogP contribution in [0.1, 0.15) is 17.5 Å². The summed E-state index contributed by atoms with van der Waals surface area (Å²) in [6, 6.07) is 18.6. The first-order chi connectivity index (χ1) is 15.0. The van der Waals surface area contributed by atoms with Crippen LogP contribution in [0.4, 0.5) is 16.3 Å². The summed E-state index contributed by atoms with van der Waals surface area (Å²) in [5.74, 6) is 0.736. The number of carbonyl (C=O) groups excluding carboxylic acids is 1. The summed E-state index contributed by atoms with van der Waals surface area (Å²) in [6.07, 6.45) is 0.826. The molecule has 0 radical (unpaired) electrons. The standard InChI is InChI=1S/C24H27N5O2/c1-18-9-10-21(19(2)17-18)25-24(31)28-14-6-13-27(15-16-28)22-11-12-23(30)29(26-22)20-7-4-3-5-8-20/h3-5,7-12,17H,6,13-16H2,1-2H3,(H,25,31). The van der Waals surface area contributed by atoms with Crippen LogP contribution in [0, 0.1) is 13.8 Å². The van der Waals surface area contributed by atoms with Crippen LogP contribution in [-0.2, 0) is 0 Å². The monoisotopic (exact) mass is 417 g/mol. The van der Waals surface area contributed by atoms with E-state index in [9.17, 15) is 9.59 Å². The molecule has 0 atom stereocenters. The highest BCUT2D eigenvalue weighted by atomic mass is 16.2. The van der Waals surface area contributed by atoms with E-state index < -0.39 is 0 Å². The molecule has 1 fully saturated rings. The molecule has 1 N–H and O–H groups in total. The van der Waals surface area contributed by atoms with E-state index in [0.717, 1.165) is 35.7 Å². The molecule has 7 nitrogen and oxygen atoms in total. The molecule has 0 saturated carbocycles. The number of anilines is 2. The topological polar surface area (TPSA) is 70.5 Å². The van der Waals surface area contributed by atoms with E-state index >= 15 is 0 Å². The second kappa shape index (κ2) is 9.04. The van der Waals surface area contributed by atoms with Crippen LogP contribution < -0.4 is 15.8 Å². The highest BCUT2D eigenvalue weighted by Gasteiger charge is 2.21. The summed E-state index contributed by atoms with van der Waals surface area (Å²) in [5, 5.41) is 7.61. The van der Waals surface area contributed by atoms with Gasteiger partial charge >= 0.3 is 6.03 Å². The Morgan fingerprint density at radius 2 is 1.74 bits per heavy atom. The third-order valence-corrected chi connectivity index (χ3v) is 5.52. The zero-order chi connectivity index (χ0) is 21.8. The molecular weight excluding hydrogens is 390 g/mol. The highest BCUT2D eigenvalue weighted by Crippen LogP contribution is 2.18. The number of para-hydroxylation sites is 1. The molecule has 2 heterocycles. The minimum absolute atomic E-state index is 0.0870. The van der Waals surface area contributed by atoms with Gasteiger partial charge in [0.15, 0.2) is 0 Å². The van der Waals surface area contributed by atoms with E-state index in [0.29, 0.717) is 19.6 Å². The van der Waals surface area contributed by atoms with Crippen LogP contribution in [-0.4, -0.2) is 46.9 Å². The van der Waals surface area contributed by atoms with Crippen molar-refractivity contribution in [3.63, 3.8) is 0 Å². The van der Waals surface area contributed by atoms with E-state index in [1.54, 1.807) is 12.1 Å². The van der Waals surface area contributed by atoms with Crippen molar-refractivity contribution in [3.05, 3.63) is 82.1 Å². The first-order valence-corrected chi connectivity index (χ1v) is 10.6. The van der Waals surface area contributed by atoms with Crippen LogP contribution in [0.15, 0.2) is 65.5 Å². The third-order valence-electron chi connectivity index (χ3n) is 5.52. The molecule has 0 bridgehead atoms. The molecule has 1 aliphatic rings. The maximum atomic E-state index is 12.8. The Morgan fingerprint density at radius 3 is 2.52 bits per heavy atom. The Bertz CT molecular complexity index is 1130. The Morgan fingerprint density at radius 1 is 0.935 bits per heavy atom. The molecule has 3 aromatic rings. The molecular formula is C24H27N5O2. The van der Waals surface area contributed by atoms with Gasteiger partial charge in [-0.25, -0.2) is 4.79 Å². The SMILES string of the molecule is Cc1ccc(NC(=O)N2CCCN(c3ccc(=O)n(-c4ccccc4)n3)CC2)c(C)c1. The number of hydrogen-bond acceptors (Lipinski definition) is 4. The molecule has 0 aliphatic carbocycles. The third kappa shape index (κ3) is 4.77. The number of nitrogens with one attached hydrogen (secondary N) is 1. The minimum atomic E-state index is -0.167. The van der Waals surface area contributed by atoms with Crippen molar-refractivity contribution in [2.45, 2.75) is 20.3 Å². The van der Waals surface area contributed by atoms with E-state index in [4.69, 9.17) is 0 Å². The Hall–Kier alpha value is -3.61. The van der Waals surface area contributed by atoms with Crippen LogP contribution in [0.2, 0.25) is 0 Å². The van der Waals surface area contributed by atoms with Gasteiger partial charge in [0.25, 0.3) is 5.56 Å². The zero-order valence-corrected chi connectivity index (χ0v) is 17.9. The van der Waals surface area contributed by atoms with Gasteiger partial charge in [-0.2, -0.15) is 4.68 Å². The Labute approximate surface area is 181 Å². The number of amides is 2. The van der Waals surface area contributed by atoms with Gasteiger partial charge < -0.3 is 15.1 Å². The van der Waals surface area contributed by atoms with Crippen molar-refractivity contribution in [2.24, 2.45) is 0 Å². The fourth-order valence-electron chi connectivity index (χ4n) is 3.82. The number of nitrogens with zero attached hydrogens (tertiary/aromatic N) is 4. The van der Waals surface area contributed by atoms with Crippen molar-refractivity contribution >= 4 is 17.5 Å². The lowest BCUT2D eigenvalue weighted by Gasteiger charge is -2.23. The largest absolute Gasteiger partial charge is 0.353 e. The summed E-state index contributed by atoms with van der Waals surface area (Å²) >= 11 is 0. The molecule has 2 aromatic carbocycles. The summed E-state index contributed by atoms with van der Waals surface area (Å²) in [6.45, 7) is 6.72. The van der Waals surface area contributed by atoms with Crippen molar-refractivity contribution in [1.29, 1.82) is 0 Å². The van der Waals surface area contributed by atoms with Crippen molar-refractivity contribution in [2.75, 3.05) is 36.4 Å². The van der Waals surface area contributed by atoms with Gasteiger partial charge in [0.05, 0.1) is 5.69 Å². The summed E-state index contributed by atoms with van der Waals surface area (Å²) in [5.41, 5.74) is 3.63. The van der Waals surface area contributed by atoms with Crippen LogP contribution in [0.25, 0.3) is 5.69 Å². The van der Waals surface area contributed by atoms with Gasteiger partial charge in [0, 0.05) is 37.9 Å². The van der Waals surface area contributed by atoms with Gasteiger partial charge in [-0.05, 0) is 50.1 Å². The molecule has 160 valence electrons. The van der Waals surface area contributed by atoms with Crippen LogP contribution in [0.5, 0.6) is 0 Å². The second-order valence-electron chi connectivity index (χ2n) is 7.85. The molecule has 0 unspecified atom stereocenters. The number of benzene rings is 2. The summed E-state index contributed by atoms with van der Waals surface area (Å²) in [4.78, 5) is 29.1. The maximum Gasteiger partial charge on any atom is 0.321 e. The average Bonchev–Trinajstić information content (AvgIpc) is 3.03. The second-order valence-corrected chi connectivity index (χ2v) is 7.85. The van der Waals surface area contributed by atoms with Gasteiger partial charge in [0.1, 0.15) is 5.82 Å². The van der Waals surface area contributed by atoms with E-state index in [1.807, 2.05) is 61.2 Å². The lowest BCUT2D eigenvalue weighted by atomic mass is 10.1. The first kappa shape index (κ1) is 20.7. The molecule has 1 aliphatic heterocycles. The lowest BCUT2D eigenvalue weighted by Crippen LogP contribution is -2.38. The number of rotatable bonds is 3. The predicted molar refractivity (Wildman–Crippen MR) is 123 cm³/mol. The fraction of sp³-hybridized carbons (Fsp3) is 0.292. The van der Waals surface area contributed by atoms with E-state index in [2.05, 4.69) is 21.4 Å². The molecule has 0 spiro atoms. The molecule has 1 aromatic heterocycles. The molecule has 1 saturated heterocycles. The van der Waals surface area contributed by atoms with Crippen molar-refractivity contribution in [3.8, 4) is 5.69 Å². The van der Waals surface area contributed by atoms with Gasteiger partial charge in [-0.3, -0.25) is 4.79 Å². The number of hydrogen-bond donors (Lipinski definition) is 1. The van der Waals surface area contributed by atoms with Crippen LogP contribution in [0.3, 0.4) is 0 Å². The number of carbonyl (C=O) groups is 1. The van der Waals surface area contributed by atoms with Crippen LogP contribution >= 0.6 is 0 Å². The van der Waals surface area contributed by atoms with Gasteiger partial charge in [0.2, 0.25) is 0 Å². The smallest absolute Gasteiger partial charge is 0.321 e. The summed E-state index contributed by atoms with van der Waals surface area (Å²) in [7, 11) is 0. The number of aryl methyl sites for hydroxylation is 2. The van der Waals surface area contributed by atoms with Crippen molar-refractivity contribution < 1.29 is 4.79 Å². The Balaban J connectivity index is 1.46. The van der Waals surface area contributed by atoms with E-state index in [1.165, 1.54) is 10.2 Å². The molecule has 2 amide bonds. The molecule has 4 rings (SSSR count). The lowest BCUT2D eigenvalue weighted by molar-refractivity contribution is 0.215. The normalized spacial score (nSPS) is 14.3. The summed E-state index contributed by atoms with van der Waals surface area (Å²) < 4.78 is 1.42. The zero-order valence-electron chi connectivity index (χ0n) is 17.9. The van der Waals surface area contributed by atoms with Gasteiger partial charge in [-0.1, -0.05) is 35.9 Å². The Kier molecular flexibility index (Phi) is 6.02. The van der Waals surface area contributed by atoms with Crippen molar-refractivity contribution in [1.82, 2.24) is 14.7 Å². The van der Waals surface area contributed by atoms with Gasteiger partial charge in [-0.15, -0.1) is 5.10 Å². The maximum absolute atomic E-state index is 12.8. The van der Waals surface area contributed by atoms with E-state index in [-0.39, 0.29) is 11.6 Å². The first-order valence-electron chi connectivity index (χ1n) is 10.6. The number of urea groups is 1. The molecule has 31 heavy (non-hydrogen) atoms. The fourth-order valence-corrected chi connectivity index (χ4v) is 3.82. The predicted octanol–water partition coefficient (Wildman–Crippen LogP) is 3.59.